The summed E-state index contributed by atoms with van der Waals surface area (Å²) < 4.78 is 37.9. The molecule has 12 nitrogen and oxygen atoms in total. The smallest absolute Gasteiger partial charge is 0.147 e. The third-order valence-electron chi connectivity index (χ3n) is 14.9. The minimum Gasteiger partial charge on any atom is -0.491 e. The van der Waals surface area contributed by atoms with E-state index in [-0.39, 0.29) is 0 Å². The van der Waals surface area contributed by atoms with Gasteiger partial charge in [-0.2, -0.15) is 0 Å². The molecule has 0 unspecified atom stereocenters. The van der Waals surface area contributed by atoms with Crippen LogP contribution in [0.15, 0.2) is 109 Å². The average Bonchev–Trinajstić information content (AvgIpc) is 3.54. The second kappa shape index (κ2) is 29.1. The molecule has 0 fully saturated rings. The Labute approximate surface area is 460 Å². The summed E-state index contributed by atoms with van der Waals surface area (Å²) in [5, 5.41) is 0. The van der Waals surface area contributed by atoms with Crippen molar-refractivity contribution in [1.82, 2.24) is 29.9 Å². The molecule has 15 rings (SSSR count). The third kappa shape index (κ3) is 14.9. The predicted molar refractivity (Wildman–Crippen MR) is 315 cm³/mol. The lowest BCUT2D eigenvalue weighted by atomic mass is 10.1. The molecule has 78 heavy (non-hydrogen) atoms. The molecule has 0 radical (unpaired) electrons. The largest absolute Gasteiger partial charge is 0.491 e. The van der Waals surface area contributed by atoms with E-state index in [2.05, 4.69) is 0 Å². The van der Waals surface area contributed by atoms with Crippen molar-refractivity contribution in [3.05, 3.63) is 109 Å². The van der Waals surface area contributed by atoms with Crippen LogP contribution < -0.4 is 28.4 Å². The predicted octanol–water partition coefficient (Wildman–Crippen LogP) is 17.0. The van der Waals surface area contributed by atoms with Gasteiger partial charge in [-0.15, -0.1) is 0 Å². The van der Waals surface area contributed by atoms with Crippen LogP contribution in [0.5, 0.6) is 34.5 Å². The lowest BCUT2D eigenvalue weighted by molar-refractivity contribution is 0.303. The van der Waals surface area contributed by atoms with E-state index in [9.17, 15) is 0 Å². The average molecular weight is 1050 g/mol. The molecule has 0 atom stereocenters. The fraction of sp³-hybridized carbons (Fsp3) is 0.455. The second-order valence-electron chi connectivity index (χ2n) is 21.0. The van der Waals surface area contributed by atoms with Gasteiger partial charge < -0.3 is 28.4 Å². The summed E-state index contributed by atoms with van der Waals surface area (Å²) in [5.41, 5.74) is 9.70. The number of ether oxygens (including phenoxy) is 6. The van der Waals surface area contributed by atoms with Crippen LogP contribution >= 0.6 is 0 Å². The Hall–Kier alpha value is -7.08. The van der Waals surface area contributed by atoms with Crippen LogP contribution in [0.4, 0.5) is 0 Å². The van der Waals surface area contributed by atoms with Gasteiger partial charge in [0, 0.05) is 0 Å². The molecule has 0 aliphatic carbocycles. The van der Waals surface area contributed by atoms with Crippen molar-refractivity contribution in [1.29, 1.82) is 0 Å². The van der Waals surface area contributed by atoms with Crippen molar-refractivity contribution in [3.8, 4) is 34.5 Å². The van der Waals surface area contributed by atoms with E-state index in [4.69, 9.17) is 58.3 Å². The van der Waals surface area contributed by atoms with Gasteiger partial charge in [0.1, 0.15) is 67.6 Å². The Morgan fingerprint density at radius 1 is 0.179 bits per heavy atom. The summed E-state index contributed by atoms with van der Waals surface area (Å²) in [5.74, 6) is 4.72. The highest BCUT2D eigenvalue weighted by Crippen LogP contribution is 2.33. The summed E-state index contributed by atoms with van der Waals surface area (Å²) >= 11 is 0. The number of rotatable bonds is 0. The van der Waals surface area contributed by atoms with Crippen LogP contribution in [-0.2, 0) is 0 Å². The van der Waals surface area contributed by atoms with Gasteiger partial charge in [-0.1, -0.05) is 152 Å². The van der Waals surface area contributed by atoms with Crippen molar-refractivity contribution in [2.24, 2.45) is 0 Å². The quantitative estimate of drug-likeness (QED) is 0.134. The van der Waals surface area contributed by atoms with Crippen molar-refractivity contribution in [2.75, 3.05) is 39.6 Å². The van der Waals surface area contributed by atoms with Gasteiger partial charge in [0.05, 0.1) is 72.7 Å². The molecule has 6 aromatic carbocycles. The number of para-hydroxylation sites is 6. The molecule has 6 aliphatic rings. The van der Waals surface area contributed by atoms with Gasteiger partial charge in [-0.3, -0.25) is 0 Å². The van der Waals surface area contributed by atoms with Gasteiger partial charge in [0.2, 0.25) is 0 Å². The summed E-state index contributed by atoms with van der Waals surface area (Å²) in [6.45, 7) is 3.98. The topological polar surface area (TPSA) is 133 Å². The molecule has 0 N–H and O–H groups in total. The van der Waals surface area contributed by atoms with Gasteiger partial charge in [-0.05, 0) is 111 Å². The van der Waals surface area contributed by atoms with E-state index < -0.39 is 0 Å². The van der Waals surface area contributed by atoms with Crippen LogP contribution in [-0.4, -0.2) is 69.5 Å². The molecular formula is C66H78N6O6. The highest BCUT2D eigenvalue weighted by atomic mass is 16.5. The molecule has 0 saturated heterocycles. The lowest BCUT2D eigenvalue weighted by Crippen LogP contribution is -2.01. The van der Waals surface area contributed by atoms with Gasteiger partial charge in [0.15, 0.2) is 0 Å². The van der Waals surface area contributed by atoms with E-state index in [0.717, 1.165) is 178 Å². The Kier molecular flexibility index (Phi) is 20.2. The number of nitrogens with zero attached hydrogens (tertiary/aromatic N) is 6. The monoisotopic (exact) mass is 1050 g/mol. The Balaban J connectivity index is 0.712. The zero-order valence-corrected chi connectivity index (χ0v) is 45.7. The molecular weight excluding hydrogens is 973 g/mol. The summed E-state index contributed by atoms with van der Waals surface area (Å²) in [4.78, 5) is 30.1. The summed E-state index contributed by atoms with van der Waals surface area (Å²) in [6, 6.07) is 36.1. The first-order chi connectivity index (χ1) is 38.7. The van der Waals surface area contributed by atoms with Crippen LogP contribution in [0, 0.1) is 0 Å². The fourth-order valence-corrected chi connectivity index (χ4v) is 10.6. The Morgan fingerprint density at radius 3 is 0.474 bits per heavy atom. The number of hydrogen-bond donors (Lipinski definition) is 0. The molecule has 408 valence electrons. The number of hydrogen-bond acceptors (Lipinski definition) is 12. The fourth-order valence-electron chi connectivity index (χ4n) is 10.6. The zero-order valence-electron chi connectivity index (χ0n) is 45.7. The zero-order chi connectivity index (χ0) is 52.8. The molecule has 3 aromatic heterocycles. The van der Waals surface area contributed by atoms with E-state index in [1.54, 1.807) is 0 Å². The van der Waals surface area contributed by atoms with Crippen LogP contribution in [0.1, 0.15) is 154 Å². The Bertz CT molecular complexity index is 2760. The molecule has 0 saturated carbocycles. The van der Waals surface area contributed by atoms with Gasteiger partial charge in [-0.25, -0.2) is 29.9 Å². The molecule has 0 spiro atoms. The molecule has 9 aromatic rings. The van der Waals surface area contributed by atoms with Crippen LogP contribution in [0.2, 0.25) is 0 Å². The summed E-state index contributed by atoms with van der Waals surface area (Å²) in [6.07, 6.45) is 27.5. The van der Waals surface area contributed by atoms with E-state index in [1.807, 2.05) is 109 Å². The molecule has 9 heterocycles. The first kappa shape index (κ1) is 54.3. The number of benzene rings is 6. The Morgan fingerprint density at radius 2 is 0.321 bits per heavy atom. The van der Waals surface area contributed by atoms with Crippen molar-refractivity contribution < 1.29 is 28.4 Å². The van der Waals surface area contributed by atoms with Crippen LogP contribution in [0.3, 0.4) is 0 Å². The highest BCUT2D eigenvalue weighted by Gasteiger charge is 2.15. The van der Waals surface area contributed by atoms with Crippen molar-refractivity contribution >= 4 is 66.2 Å². The third-order valence-corrected chi connectivity index (χ3v) is 14.9. The maximum absolute atomic E-state index is 6.31. The second-order valence-corrected chi connectivity index (χ2v) is 21.0. The van der Waals surface area contributed by atoms with E-state index in [1.165, 1.54) is 77.0 Å². The molecule has 18 bridgehead atoms. The van der Waals surface area contributed by atoms with Gasteiger partial charge >= 0.3 is 0 Å². The SMILES string of the molecule is c1cc2c3nc4cccc(c4nc3c1)OCCCCCCCCCCOc1cccc3nc4c(cccc4nc13)OCCCCCCCCCCOc1cccc3nc4c(cccc4nc13)OCCCCCCCCCCO2. The maximum atomic E-state index is 6.31. The molecule has 0 amide bonds. The standard InChI is InChI=1S/C66H78N6O6/c1-2-8-14-20-44-74-56-38-26-32-50-62(56)69-52-34-28-40-58(64(52)70-50)76-46-22-16-10-5-6-12-18-24-48-78-60-42-30-36-54-66(60)72-53-35-29-41-59(65(53)71-54)77-47-23-17-11-4-3-9-15-21-45-75-57-39-27-33-51-63(57)68-49-31-25-37-55(61(49)67-51)73-43-19-13-7-1/h25-42H,1-24,43-48H2. The normalized spacial score (nSPS) is 17.1. The minimum absolute atomic E-state index is 0.663. The minimum atomic E-state index is 0.663. The van der Waals surface area contributed by atoms with Crippen molar-refractivity contribution in [2.45, 2.75) is 154 Å². The van der Waals surface area contributed by atoms with E-state index >= 15 is 0 Å². The summed E-state index contributed by atoms with van der Waals surface area (Å²) in [7, 11) is 0. The number of aromatic nitrogens is 6. The first-order valence-corrected chi connectivity index (χ1v) is 29.6. The van der Waals surface area contributed by atoms with E-state index in [0.29, 0.717) is 39.6 Å². The lowest BCUT2D eigenvalue weighted by Gasteiger charge is -2.12. The first-order valence-electron chi connectivity index (χ1n) is 29.6. The van der Waals surface area contributed by atoms with Gasteiger partial charge in [0.25, 0.3) is 0 Å². The molecule has 6 aliphatic heterocycles. The molecule has 12 heteroatoms. The van der Waals surface area contributed by atoms with Crippen LogP contribution in [0.25, 0.3) is 66.2 Å². The maximum Gasteiger partial charge on any atom is 0.147 e. The van der Waals surface area contributed by atoms with Crippen molar-refractivity contribution in [3.63, 3.8) is 0 Å². The highest BCUT2D eigenvalue weighted by molar-refractivity contribution is 5.94.